The first-order valence-corrected chi connectivity index (χ1v) is 6.68. The van der Waals surface area contributed by atoms with Crippen LogP contribution in [-0.2, 0) is 6.54 Å². The van der Waals surface area contributed by atoms with E-state index in [9.17, 15) is 4.79 Å². The molecule has 20 heavy (non-hydrogen) atoms. The highest BCUT2D eigenvalue weighted by molar-refractivity contribution is 7.13. The van der Waals surface area contributed by atoms with Gasteiger partial charge in [0.15, 0.2) is 5.82 Å². The molecular formula is C12H10N4O3S. The Labute approximate surface area is 117 Å². The highest BCUT2D eigenvalue weighted by Gasteiger charge is 2.14. The molecule has 1 N–H and O–H groups in total. The van der Waals surface area contributed by atoms with Crippen molar-refractivity contribution in [2.24, 2.45) is 0 Å². The first-order valence-electron chi connectivity index (χ1n) is 5.80. The third-order valence-corrected chi connectivity index (χ3v) is 3.46. The van der Waals surface area contributed by atoms with E-state index in [4.69, 9.17) is 9.05 Å². The fourth-order valence-electron chi connectivity index (χ4n) is 1.60. The number of aryl methyl sites for hydroxylation is 1. The largest absolute Gasteiger partial charge is 0.361 e. The average molecular weight is 290 g/mol. The zero-order valence-corrected chi connectivity index (χ0v) is 11.3. The van der Waals surface area contributed by atoms with Crippen LogP contribution in [0.4, 0.5) is 0 Å². The molecule has 0 saturated heterocycles. The van der Waals surface area contributed by atoms with Crippen LogP contribution in [0.15, 0.2) is 32.8 Å². The van der Waals surface area contributed by atoms with Crippen molar-refractivity contribution >= 4 is 17.2 Å². The first kappa shape index (κ1) is 12.5. The van der Waals surface area contributed by atoms with E-state index >= 15 is 0 Å². The predicted molar refractivity (Wildman–Crippen MR) is 70.0 cm³/mol. The molecule has 3 rings (SSSR count). The highest BCUT2D eigenvalue weighted by Crippen LogP contribution is 2.22. The summed E-state index contributed by atoms with van der Waals surface area (Å²) >= 11 is 1.51. The van der Waals surface area contributed by atoms with Crippen LogP contribution >= 0.6 is 11.3 Å². The number of hydrogen-bond donors (Lipinski definition) is 1. The van der Waals surface area contributed by atoms with Gasteiger partial charge < -0.3 is 14.4 Å². The molecule has 0 unspecified atom stereocenters. The van der Waals surface area contributed by atoms with Gasteiger partial charge in [-0.15, -0.1) is 11.3 Å². The molecular weight excluding hydrogens is 280 g/mol. The summed E-state index contributed by atoms with van der Waals surface area (Å²) in [4.78, 5) is 16.9. The molecule has 102 valence electrons. The molecule has 0 aromatic carbocycles. The molecule has 0 radical (unpaired) electrons. The Morgan fingerprint density at radius 3 is 3.05 bits per heavy atom. The van der Waals surface area contributed by atoms with Crippen LogP contribution in [-0.4, -0.2) is 21.2 Å². The van der Waals surface area contributed by atoms with Gasteiger partial charge in [0.25, 0.3) is 11.8 Å². The van der Waals surface area contributed by atoms with Crippen molar-refractivity contribution < 1.29 is 13.8 Å². The van der Waals surface area contributed by atoms with Gasteiger partial charge in [0.05, 0.1) is 17.6 Å². The fourth-order valence-corrected chi connectivity index (χ4v) is 2.24. The van der Waals surface area contributed by atoms with E-state index in [2.05, 4.69) is 20.6 Å². The molecule has 0 saturated carbocycles. The molecule has 8 heteroatoms. The predicted octanol–water partition coefficient (Wildman–Crippen LogP) is 2.02. The van der Waals surface area contributed by atoms with Crippen LogP contribution in [0.3, 0.4) is 0 Å². The second kappa shape index (κ2) is 5.25. The number of carbonyl (C=O) groups is 1. The third kappa shape index (κ3) is 2.45. The quantitative estimate of drug-likeness (QED) is 0.790. The van der Waals surface area contributed by atoms with Gasteiger partial charge in [0, 0.05) is 0 Å². The minimum absolute atomic E-state index is 0.179. The van der Waals surface area contributed by atoms with Gasteiger partial charge in [-0.1, -0.05) is 16.4 Å². The van der Waals surface area contributed by atoms with Gasteiger partial charge >= 0.3 is 0 Å². The number of rotatable bonds is 4. The maximum Gasteiger partial charge on any atom is 0.268 e. The van der Waals surface area contributed by atoms with Gasteiger partial charge in [0.2, 0.25) is 0 Å². The van der Waals surface area contributed by atoms with Crippen LogP contribution in [0.2, 0.25) is 0 Å². The monoisotopic (exact) mass is 290 g/mol. The molecule has 3 aromatic rings. The Balaban J connectivity index is 1.65. The molecule has 0 bridgehead atoms. The Kier molecular flexibility index (Phi) is 3.30. The molecule has 7 nitrogen and oxygen atoms in total. The van der Waals surface area contributed by atoms with Crippen LogP contribution in [0.25, 0.3) is 10.8 Å². The SMILES string of the molecule is Cc1oncc1C(=O)NCc1noc(-c2cccs2)n1. The number of thiophene rings is 1. The van der Waals surface area contributed by atoms with E-state index in [1.54, 1.807) is 6.92 Å². The molecule has 1 amide bonds. The van der Waals surface area contributed by atoms with Gasteiger partial charge in [-0.2, -0.15) is 4.98 Å². The fraction of sp³-hybridized carbons (Fsp3) is 0.167. The summed E-state index contributed by atoms with van der Waals surface area (Å²) in [7, 11) is 0. The maximum absolute atomic E-state index is 11.8. The number of hydrogen-bond acceptors (Lipinski definition) is 7. The van der Waals surface area contributed by atoms with Crippen molar-refractivity contribution in [1.29, 1.82) is 0 Å². The second-order valence-electron chi connectivity index (χ2n) is 3.97. The van der Waals surface area contributed by atoms with Crippen LogP contribution in [0, 0.1) is 6.92 Å². The summed E-state index contributed by atoms with van der Waals surface area (Å²) in [6.07, 6.45) is 1.37. The van der Waals surface area contributed by atoms with Crippen LogP contribution in [0.1, 0.15) is 21.9 Å². The molecule has 0 fully saturated rings. The summed E-state index contributed by atoms with van der Waals surface area (Å²) in [5.41, 5.74) is 0.395. The summed E-state index contributed by atoms with van der Waals surface area (Å²) in [5, 5.41) is 12.0. The molecule has 3 heterocycles. The Morgan fingerprint density at radius 1 is 1.45 bits per heavy atom. The van der Waals surface area contributed by atoms with Gasteiger partial charge in [-0.25, -0.2) is 0 Å². The maximum atomic E-state index is 11.8. The molecule has 0 aliphatic heterocycles. The molecule has 0 atom stereocenters. The molecule has 3 aromatic heterocycles. The van der Waals surface area contributed by atoms with Crippen molar-refractivity contribution in [2.45, 2.75) is 13.5 Å². The smallest absolute Gasteiger partial charge is 0.268 e. The van der Waals surface area contributed by atoms with E-state index in [0.717, 1.165) is 4.88 Å². The average Bonchev–Trinajstić information content (AvgIpc) is 3.16. The Bertz CT molecular complexity index is 717. The third-order valence-electron chi connectivity index (χ3n) is 2.60. The number of amides is 1. The lowest BCUT2D eigenvalue weighted by molar-refractivity contribution is 0.0948. The van der Waals surface area contributed by atoms with E-state index in [-0.39, 0.29) is 12.5 Å². The number of nitrogens with one attached hydrogen (secondary N) is 1. The van der Waals surface area contributed by atoms with Gasteiger partial charge in [-0.05, 0) is 18.4 Å². The van der Waals surface area contributed by atoms with Crippen molar-refractivity contribution in [3.05, 3.63) is 40.9 Å². The lowest BCUT2D eigenvalue weighted by atomic mass is 10.2. The van der Waals surface area contributed by atoms with Crippen LogP contribution < -0.4 is 5.32 Å². The summed E-state index contributed by atoms with van der Waals surface area (Å²) in [6.45, 7) is 1.85. The topological polar surface area (TPSA) is 94.1 Å². The highest BCUT2D eigenvalue weighted by atomic mass is 32.1. The second-order valence-corrected chi connectivity index (χ2v) is 4.92. The van der Waals surface area contributed by atoms with Crippen LogP contribution in [0.5, 0.6) is 0 Å². The van der Waals surface area contributed by atoms with Crippen molar-refractivity contribution in [3.8, 4) is 10.8 Å². The molecule has 0 aliphatic carbocycles. The minimum Gasteiger partial charge on any atom is -0.361 e. The van der Waals surface area contributed by atoms with Gasteiger partial charge in [0.1, 0.15) is 11.3 Å². The zero-order chi connectivity index (χ0) is 13.9. The van der Waals surface area contributed by atoms with Crippen molar-refractivity contribution in [2.75, 3.05) is 0 Å². The summed E-state index contributed by atoms with van der Waals surface area (Å²) < 4.78 is 9.95. The summed E-state index contributed by atoms with van der Waals surface area (Å²) in [5.74, 6) is 1.04. The van der Waals surface area contributed by atoms with E-state index in [0.29, 0.717) is 23.0 Å². The number of carbonyl (C=O) groups excluding carboxylic acids is 1. The summed E-state index contributed by atoms with van der Waals surface area (Å²) in [6, 6.07) is 3.79. The van der Waals surface area contributed by atoms with E-state index in [1.165, 1.54) is 17.5 Å². The van der Waals surface area contributed by atoms with E-state index < -0.39 is 0 Å². The molecule has 0 spiro atoms. The standard InChI is InChI=1S/C12H10N4O3S/c1-7-8(5-14-18-7)11(17)13-6-10-15-12(19-16-10)9-3-2-4-20-9/h2-5H,6H2,1H3,(H,13,17). The van der Waals surface area contributed by atoms with E-state index in [1.807, 2.05) is 17.5 Å². The number of nitrogens with zero attached hydrogens (tertiary/aromatic N) is 3. The normalized spacial score (nSPS) is 10.7. The first-order chi connectivity index (χ1) is 9.74. The minimum atomic E-state index is -0.286. The lowest BCUT2D eigenvalue weighted by Gasteiger charge is -1.99. The zero-order valence-electron chi connectivity index (χ0n) is 10.5. The number of aromatic nitrogens is 3. The van der Waals surface area contributed by atoms with Crippen molar-refractivity contribution in [3.63, 3.8) is 0 Å². The van der Waals surface area contributed by atoms with Crippen molar-refractivity contribution in [1.82, 2.24) is 20.6 Å². The Morgan fingerprint density at radius 2 is 2.35 bits per heavy atom. The Hall–Kier alpha value is -2.48. The van der Waals surface area contributed by atoms with Gasteiger partial charge in [-0.3, -0.25) is 4.79 Å². The lowest BCUT2D eigenvalue weighted by Crippen LogP contribution is -2.23. The molecule has 0 aliphatic rings.